The standard InChI is InChI=1S/C20H22N2O6/c1-13-4-5-15(3)18(10-13)27-9-8-20(24)28-12-19(23)21-17-11-16(22(25)26)7-6-14(17)2/h4-7,10-11H,8-9,12H2,1-3H3,(H,21,23). The number of nitrogens with zero attached hydrogens (tertiary/aromatic N) is 1. The topological polar surface area (TPSA) is 108 Å². The molecule has 8 nitrogen and oxygen atoms in total. The lowest BCUT2D eigenvalue weighted by atomic mass is 10.1. The molecule has 8 heteroatoms. The summed E-state index contributed by atoms with van der Waals surface area (Å²) in [5.41, 5.74) is 2.84. The van der Waals surface area contributed by atoms with Crippen molar-refractivity contribution < 1.29 is 24.0 Å². The average Bonchev–Trinajstić information content (AvgIpc) is 2.64. The van der Waals surface area contributed by atoms with E-state index >= 15 is 0 Å². The second kappa shape index (κ2) is 9.50. The number of anilines is 1. The Morgan fingerprint density at radius 2 is 1.79 bits per heavy atom. The van der Waals surface area contributed by atoms with Crippen molar-refractivity contribution in [1.82, 2.24) is 0 Å². The molecule has 0 spiro atoms. The fourth-order valence-corrected chi connectivity index (χ4v) is 2.37. The number of amides is 1. The van der Waals surface area contributed by atoms with E-state index in [0.717, 1.165) is 11.1 Å². The van der Waals surface area contributed by atoms with Gasteiger partial charge in [-0.15, -0.1) is 0 Å². The SMILES string of the molecule is Cc1ccc(C)c(OCCC(=O)OCC(=O)Nc2cc([N+](=O)[O-])ccc2C)c1. The van der Waals surface area contributed by atoms with Gasteiger partial charge in [-0.3, -0.25) is 19.7 Å². The number of nitrogens with one attached hydrogen (secondary N) is 1. The monoisotopic (exact) mass is 386 g/mol. The van der Waals surface area contributed by atoms with Crippen LogP contribution in [0, 0.1) is 30.9 Å². The Labute approximate surface area is 162 Å². The number of hydrogen-bond acceptors (Lipinski definition) is 6. The molecule has 2 aromatic carbocycles. The summed E-state index contributed by atoms with van der Waals surface area (Å²) in [6.07, 6.45) is -0.00347. The molecule has 0 atom stereocenters. The number of benzene rings is 2. The molecule has 1 N–H and O–H groups in total. The number of ether oxygens (including phenoxy) is 2. The maximum absolute atomic E-state index is 11.9. The molecule has 0 heterocycles. The van der Waals surface area contributed by atoms with Crippen LogP contribution in [0.15, 0.2) is 36.4 Å². The van der Waals surface area contributed by atoms with Gasteiger partial charge in [0.2, 0.25) is 0 Å². The number of nitro groups is 1. The van der Waals surface area contributed by atoms with E-state index in [1.165, 1.54) is 18.2 Å². The maximum atomic E-state index is 11.9. The van der Waals surface area contributed by atoms with Crippen molar-refractivity contribution >= 4 is 23.3 Å². The molecule has 0 aromatic heterocycles. The highest BCUT2D eigenvalue weighted by Gasteiger charge is 2.13. The van der Waals surface area contributed by atoms with Crippen molar-refractivity contribution in [2.75, 3.05) is 18.5 Å². The fourth-order valence-electron chi connectivity index (χ4n) is 2.37. The number of carbonyl (C=O) groups excluding carboxylic acids is 2. The van der Waals surface area contributed by atoms with E-state index in [2.05, 4.69) is 5.32 Å². The van der Waals surface area contributed by atoms with Gasteiger partial charge in [-0.05, 0) is 43.5 Å². The third-order valence-corrected chi connectivity index (χ3v) is 3.98. The van der Waals surface area contributed by atoms with Crippen LogP contribution in [0.3, 0.4) is 0 Å². The van der Waals surface area contributed by atoms with Crippen LogP contribution in [0.2, 0.25) is 0 Å². The zero-order chi connectivity index (χ0) is 20.7. The van der Waals surface area contributed by atoms with Gasteiger partial charge in [0.25, 0.3) is 11.6 Å². The van der Waals surface area contributed by atoms with Crippen molar-refractivity contribution in [3.63, 3.8) is 0 Å². The lowest BCUT2D eigenvalue weighted by Gasteiger charge is -2.10. The molecule has 0 saturated heterocycles. The summed E-state index contributed by atoms with van der Waals surface area (Å²) in [7, 11) is 0. The van der Waals surface area contributed by atoms with Crippen molar-refractivity contribution in [3.05, 3.63) is 63.2 Å². The highest BCUT2D eigenvalue weighted by atomic mass is 16.6. The molecule has 2 aromatic rings. The minimum Gasteiger partial charge on any atom is -0.493 e. The van der Waals surface area contributed by atoms with Crippen LogP contribution >= 0.6 is 0 Å². The predicted molar refractivity (Wildman–Crippen MR) is 103 cm³/mol. The highest BCUT2D eigenvalue weighted by Crippen LogP contribution is 2.22. The molecule has 1 amide bonds. The molecule has 0 unspecified atom stereocenters. The number of carbonyl (C=O) groups is 2. The van der Waals surface area contributed by atoms with Crippen molar-refractivity contribution in [2.45, 2.75) is 27.2 Å². The lowest BCUT2D eigenvalue weighted by Crippen LogP contribution is -2.22. The van der Waals surface area contributed by atoms with E-state index in [0.29, 0.717) is 17.0 Å². The largest absolute Gasteiger partial charge is 0.493 e. The van der Waals surface area contributed by atoms with E-state index in [1.54, 1.807) is 6.92 Å². The van der Waals surface area contributed by atoms with Crippen LogP contribution in [0.4, 0.5) is 11.4 Å². The summed E-state index contributed by atoms with van der Waals surface area (Å²) < 4.78 is 10.5. The van der Waals surface area contributed by atoms with E-state index in [-0.39, 0.29) is 18.7 Å². The van der Waals surface area contributed by atoms with Gasteiger partial charge in [0.05, 0.1) is 23.6 Å². The molecule has 148 valence electrons. The zero-order valence-corrected chi connectivity index (χ0v) is 16.0. The first-order chi connectivity index (χ1) is 13.3. The summed E-state index contributed by atoms with van der Waals surface area (Å²) in [6.45, 7) is 5.21. The first-order valence-electron chi connectivity index (χ1n) is 8.67. The Morgan fingerprint density at radius 1 is 1.07 bits per heavy atom. The van der Waals surface area contributed by atoms with Crippen LogP contribution in [0.1, 0.15) is 23.1 Å². The van der Waals surface area contributed by atoms with Gasteiger partial charge in [-0.25, -0.2) is 0 Å². The minimum absolute atomic E-state index is 0.00347. The highest BCUT2D eigenvalue weighted by molar-refractivity contribution is 5.93. The first-order valence-corrected chi connectivity index (χ1v) is 8.67. The van der Waals surface area contributed by atoms with Gasteiger partial charge in [0.1, 0.15) is 5.75 Å². The third-order valence-electron chi connectivity index (χ3n) is 3.98. The Bertz CT molecular complexity index is 894. The number of hydrogen-bond donors (Lipinski definition) is 1. The molecule has 0 fully saturated rings. The van der Waals surface area contributed by atoms with Crippen LogP contribution in [-0.4, -0.2) is 30.0 Å². The van der Waals surface area contributed by atoms with Crippen molar-refractivity contribution in [3.8, 4) is 5.75 Å². The van der Waals surface area contributed by atoms with E-state index in [4.69, 9.17) is 9.47 Å². The van der Waals surface area contributed by atoms with Crippen LogP contribution in [0.25, 0.3) is 0 Å². The zero-order valence-electron chi connectivity index (χ0n) is 16.0. The summed E-state index contributed by atoms with van der Waals surface area (Å²) in [4.78, 5) is 34.0. The van der Waals surface area contributed by atoms with Crippen LogP contribution < -0.4 is 10.1 Å². The van der Waals surface area contributed by atoms with E-state index < -0.39 is 23.4 Å². The molecule has 2 rings (SSSR count). The normalized spacial score (nSPS) is 10.2. The molecule has 0 bridgehead atoms. The number of nitro benzene ring substituents is 1. The number of esters is 1. The molecular formula is C20H22N2O6. The van der Waals surface area contributed by atoms with Gasteiger partial charge in [-0.2, -0.15) is 0 Å². The Morgan fingerprint density at radius 3 is 2.50 bits per heavy atom. The lowest BCUT2D eigenvalue weighted by molar-refractivity contribution is -0.384. The van der Waals surface area contributed by atoms with Gasteiger partial charge in [0, 0.05) is 12.1 Å². The van der Waals surface area contributed by atoms with Gasteiger partial charge >= 0.3 is 5.97 Å². The van der Waals surface area contributed by atoms with Gasteiger partial charge in [0.15, 0.2) is 6.61 Å². The van der Waals surface area contributed by atoms with Crippen LogP contribution in [0.5, 0.6) is 5.75 Å². The van der Waals surface area contributed by atoms with E-state index in [9.17, 15) is 19.7 Å². The summed E-state index contributed by atoms with van der Waals surface area (Å²) in [5, 5.41) is 13.3. The smallest absolute Gasteiger partial charge is 0.309 e. The number of aryl methyl sites for hydroxylation is 3. The molecule has 28 heavy (non-hydrogen) atoms. The first kappa shape index (κ1) is 20.9. The van der Waals surface area contributed by atoms with Crippen molar-refractivity contribution in [2.24, 2.45) is 0 Å². The average molecular weight is 386 g/mol. The molecule has 0 aliphatic heterocycles. The summed E-state index contributed by atoms with van der Waals surface area (Å²) in [6, 6.07) is 9.93. The maximum Gasteiger partial charge on any atom is 0.309 e. The fraction of sp³-hybridized carbons (Fsp3) is 0.300. The van der Waals surface area contributed by atoms with Gasteiger partial charge in [-0.1, -0.05) is 18.2 Å². The number of rotatable bonds is 8. The summed E-state index contributed by atoms with van der Waals surface area (Å²) >= 11 is 0. The van der Waals surface area contributed by atoms with Crippen LogP contribution in [-0.2, 0) is 14.3 Å². The predicted octanol–water partition coefficient (Wildman–Crippen LogP) is 3.47. The molecule has 0 aliphatic rings. The Kier molecular flexibility index (Phi) is 7.08. The quantitative estimate of drug-likeness (QED) is 0.423. The third kappa shape index (κ3) is 6.08. The van der Waals surface area contributed by atoms with Gasteiger partial charge < -0.3 is 14.8 Å². The van der Waals surface area contributed by atoms with E-state index in [1.807, 2.05) is 32.0 Å². The second-order valence-electron chi connectivity index (χ2n) is 6.33. The molecular weight excluding hydrogens is 364 g/mol. The molecule has 0 saturated carbocycles. The Hall–Kier alpha value is -3.42. The summed E-state index contributed by atoms with van der Waals surface area (Å²) in [5.74, 6) is -0.449. The molecule has 0 radical (unpaired) electrons. The molecule has 0 aliphatic carbocycles. The number of non-ortho nitro benzene ring substituents is 1. The Balaban J connectivity index is 1.78. The minimum atomic E-state index is -0.576. The van der Waals surface area contributed by atoms with Crippen molar-refractivity contribution in [1.29, 1.82) is 0 Å². The second-order valence-corrected chi connectivity index (χ2v) is 6.33.